The molecule has 0 aliphatic heterocycles. The summed E-state index contributed by atoms with van der Waals surface area (Å²) in [4.78, 5) is 3.89. The molecule has 110 valence electrons. The number of aromatic nitrogens is 1. The number of aryl methyl sites for hydroxylation is 1. The molecular weight excluding hydrogens is 286 g/mol. The van der Waals surface area contributed by atoms with Crippen LogP contribution in [-0.2, 0) is 22.9 Å². The molecule has 1 aromatic carbocycles. The number of anilines is 1. The number of nitrogens with one attached hydrogen (secondary N) is 1. The number of nitrogen functional groups attached to an aromatic ring is 1. The van der Waals surface area contributed by atoms with E-state index in [0.717, 1.165) is 12.8 Å². The van der Waals surface area contributed by atoms with Gasteiger partial charge in [-0.25, -0.2) is 13.1 Å². The van der Waals surface area contributed by atoms with E-state index in [1.54, 1.807) is 0 Å². The zero-order valence-corrected chi connectivity index (χ0v) is 12.3. The fraction of sp³-hybridized carbons (Fsp3) is 0.267. The summed E-state index contributed by atoms with van der Waals surface area (Å²) in [7, 11) is -3.63. The van der Waals surface area contributed by atoms with Crippen LogP contribution in [0.25, 0.3) is 0 Å². The van der Waals surface area contributed by atoms with Gasteiger partial charge in [0.25, 0.3) is 0 Å². The molecule has 1 atom stereocenters. The van der Waals surface area contributed by atoms with Crippen molar-refractivity contribution in [1.82, 2.24) is 9.71 Å². The lowest BCUT2D eigenvalue weighted by molar-refractivity contribution is 0.507. The Hall–Kier alpha value is -1.92. The number of hydrogen-bond acceptors (Lipinski definition) is 4. The number of nitrogens with two attached hydrogens (primary N) is 1. The lowest BCUT2D eigenvalue weighted by Gasteiger charge is -2.25. The van der Waals surface area contributed by atoms with Gasteiger partial charge in [-0.1, -0.05) is 24.3 Å². The molecule has 1 unspecified atom stereocenters. The molecule has 3 N–H and O–H groups in total. The highest BCUT2D eigenvalue weighted by Gasteiger charge is 2.25. The summed E-state index contributed by atoms with van der Waals surface area (Å²) in [6, 6.07) is 9.52. The number of rotatable bonds is 3. The molecule has 5 nitrogen and oxygen atoms in total. The number of pyridine rings is 1. The Labute approximate surface area is 124 Å². The molecule has 3 rings (SSSR count). The first kappa shape index (κ1) is 14.0. The smallest absolute Gasteiger partial charge is 0.244 e. The summed E-state index contributed by atoms with van der Waals surface area (Å²) in [6.45, 7) is 0. The molecule has 0 fully saturated rings. The van der Waals surface area contributed by atoms with E-state index in [1.165, 1.54) is 29.6 Å². The van der Waals surface area contributed by atoms with Gasteiger partial charge in [-0.2, -0.15) is 0 Å². The number of sulfonamides is 1. The molecule has 1 heterocycles. The third kappa shape index (κ3) is 2.91. The molecule has 1 aromatic heterocycles. The first-order valence-corrected chi connectivity index (χ1v) is 8.33. The monoisotopic (exact) mass is 303 g/mol. The van der Waals surface area contributed by atoms with Gasteiger partial charge < -0.3 is 5.73 Å². The summed E-state index contributed by atoms with van der Waals surface area (Å²) >= 11 is 0. The molecule has 0 amide bonds. The topological polar surface area (TPSA) is 85.1 Å². The predicted molar refractivity (Wildman–Crippen MR) is 81.2 cm³/mol. The van der Waals surface area contributed by atoms with Crippen molar-refractivity contribution in [2.24, 2.45) is 0 Å². The third-order valence-corrected chi connectivity index (χ3v) is 5.34. The van der Waals surface area contributed by atoms with E-state index in [0.29, 0.717) is 6.42 Å². The number of fused-ring (bicyclic) bond motifs is 1. The summed E-state index contributed by atoms with van der Waals surface area (Å²) in [6.07, 6.45) is 5.14. The molecule has 1 aliphatic rings. The second-order valence-corrected chi connectivity index (χ2v) is 6.93. The van der Waals surface area contributed by atoms with E-state index in [-0.39, 0.29) is 16.6 Å². The highest BCUT2D eigenvalue weighted by Crippen LogP contribution is 2.23. The van der Waals surface area contributed by atoms with Crippen molar-refractivity contribution in [3.63, 3.8) is 0 Å². The van der Waals surface area contributed by atoms with Crippen molar-refractivity contribution in [1.29, 1.82) is 0 Å². The zero-order valence-electron chi connectivity index (χ0n) is 11.5. The Bertz CT molecular complexity index is 759. The Kier molecular flexibility index (Phi) is 3.65. The predicted octanol–water partition coefficient (Wildman–Crippen LogP) is 1.50. The Morgan fingerprint density at radius 2 is 1.95 bits per heavy atom. The van der Waals surface area contributed by atoms with Crippen LogP contribution in [-0.4, -0.2) is 19.4 Å². The van der Waals surface area contributed by atoms with E-state index in [9.17, 15) is 8.42 Å². The van der Waals surface area contributed by atoms with Crippen LogP contribution in [0.4, 0.5) is 5.69 Å². The summed E-state index contributed by atoms with van der Waals surface area (Å²) in [5.41, 5.74) is 8.45. The van der Waals surface area contributed by atoms with E-state index in [4.69, 9.17) is 5.73 Å². The van der Waals surface area contributed by atoms with Crippen LogP contribution in [0.1, 0.15) is 17.5 Å². The quantitative estimate of drug-likeness (QED) is 0.900. The average molecular weight is 303 g/mol. The van der Waals surface area contributed by atoms with Crippen molar-refractivity contribution in [2.75, 3.05) is 5.73 Å². The van der Waals surface area contributed by atoms with Gasteiger partial charge in [-0.05, 0) is 36.5 Å². The van der Waals surface area contributed by atoms with Crippen molar-refractivity contribution < 1.29 is 8.42 Å². The van der Waals surface area contributed by atoms with E-state index >= 15 is 0 Å². The normalized spacial score (nSPS) is 18.2. The van der Waals surface area contributed by atoms with Crippen molar-refractivity contribution in [3.8, 4) is 0 Å². The van der Waals surface area contributed by atoms with Crippen molar-refractivity contribution >= 4 is 15.7 Å². The second kappa shape index (κ2) is 5.46. The van der Waals surface area contributed by atoms with Crippen LogP contribution in [0.5, 0.6) is 0 Å². The van der Waals surface area contributed by atoms with Crippen molar-refractivity contribution in [2.45, 2.75) is 30.2 Å². The molecule has 2 aromatic rings. The van der Waals surface area contributed by atoms with Crippen LogP contribution in [0.15, 0.2) is 47.6 Å². The van der Waals surface area contributed by atoms with Gasteiger partial charge in [0.05, 0.1) is 5.69 Å². The lowest BCUT2D eigenvalue weighted by Crippen LogP contribution is -2.39. The Balaban J connectivity index is 1.80. The number of benzene rings is 1. The zero-order chi connectivity index (χ0) is 14.9. The Morgan fingerprint density at radius 3 is 2.71 bits per heavy atom. The van der Waals surface area contributed by atoms with E-state index in [2.05, 4.69) is 15.8 Å². The fourth-order valence-corrected chi connectivity index (χ4v) is 4.04. The van der Waals surface area contributed by atoms with Crippen LogP contribution in [0.3, 0.4) is 0 Å². The number of hydrogen-bond donors (Lipinski definition) is 2. The lowest BCUT2D eigenvalue weighted by atomic mass is 9.89. The SMILES string of the molecule is Nc1ccncc1S(=O)(=O)NC1CCc2ccccc2C1. The van der Waals surface area contributed by atoms with Crippen LogP contribution in [0, 0.1) is 0 Å². The van der Waals surface area contributed by atoms with Crippen LogP contribution < -0.4 is 10.5 Å². The minimum absolute atomic E-state index is 0.0452. The minimum Gasteiger partial charge on any atom is -0.398 e. The maximum absolute atomic E-state index is 12.4. The molecule has 6 heteroatoms. The molecule has 21 heavy (non-hydrogen) atoms. The summed E-state index contributed by atoms with van der Waals surface area (Å²) < 4.78 is 27.5. The first-order valence-electron chi connectivity index (χ1n) is 6.85. The van der Waals surface area contributed by atoms with Gasteiger partial charge in [0, 0.05) is 18.4 Å². The van der Waals surface area contributed by atoms with Crippen LogP contribution >= 0.6 is 0 Å². The average Bonchev–Trinajstić information content (AvgIpc) is 2.47. The molecule has 0 bridgehead atoms. The van der Waals surface area contributed by atoms with Crippen LogP contribution in [0.2, 0.25) is 0 Å². The van der Waals surface area contributed by atoms with Crippen molar-refractivity contribution in [3.05, 3.63) is 53.9 Å². The highest BCUT2D eigenvalue weighted by molar-refractivity contribution is 7.89. The van der Waals surface area contributed by atoms with Gasteiger partial charge in [-0.3, -0.25) is 4.98 Å². The van der Waals surface area contributed by atoms with E-state index < -0.39 is 10.0 Å². The molecule has 0 radical (unpaired) electrons. The summed E-state index contributed by atoms with van der Waals surface area (Å²) in [5, 5.41) is 0. The van der Waals surface area contributed by atoms with Gasteiger partial charge in [0.1, 0.15) is 4.90 Å². The Morgan fingerprint density at radius 1 is 1.19 bits per heavy atom. The van der Waals surface area contributed by atoms with Gasteiger partial charge in [-0.15, -0.1) is 0 Å². The summed E-state index contributed by atoms with van der Waals surface area (Å²) in [5.74, 6) is 0. The van der Waals surface area contributed by atoms with Gasteiger partial charge in [0.2, 0.25) is 10.0 Å². The standard InChI is InChI=1S/C15H17N3O2S/c16-14-7-8-17-10-15(14)21(19,20)18-13-6-5-11-3-1-2-4-12(11)9-13/h1-4,7-8,10,13,18H,5-6,9H2,(H2,16,17). The first-order chi connectivity index (χ1) is 10.1. The maximum Gasteiger partial charge on any atom is 0.244 e. The van der Waals surface area contributed by atoms with Gasteiger partial charge in [0.15, 0.2) is 0 Å². The molecule has 0 saturated heterocycles. The maximum atomic E-state index is 12.4. The molecular formula is C15H17N3O2S. The van der Waals surface area contributed by atoms with Gasteiger partial charge >= 0.3 is 0 Å². The minimum atomic E-state index is -3.63. The van der Waals surface area contributed by atoms with E-state index in [1.807, 2.05) is 18.2 Å². The number of nitrogens with zero attached hydrogens (tertiary/aromatic N) is 1. The third-order valence-electron chi connectivity index (χ3n) is 3.77. The highest BCUT2D eigenvalue weighted by atomic mass is 32.2. The molecule has 0 saturated carbocycles. The largest absolute Gasteiger partial charge is 0.398 e. The molecule has 1 aliphatic carbocycles. The second-order valence-electron chi connectivity index (χ2n) is 5.24. The molecule has 0 spiro atoms. The fourth-order valence-electron chi connectivity index (χ4n) is 2.70.